The van der Waals surface area contributed by atoms with Gasteiger partial charge in [0.2, 0.25) is 17.7 Å². The van der Waals surface area contributed by atoms with Crippen molar-refractivity contribution in [3.8, 4) is 0 Å². The Labute approximate surface area is 322 Å². The third kappa shape index (κ3) is 6.52. The fraction of sp³-hybridized carbons (Fsp3) is 0.500. The average Bonchev–Trinajstić information content (AvgIpc) is 3.60. The molecule has 1 spiro atoms. The standard InChI is InChI=1S/C44H51FN4O6/c1-28-41(43(2,3)45)37(24-40(53)48-26-31-11-5-4-10-30(31)22-34(48)27-50)55-44(28)35-23-33(47-21-9-7-13-39(47)52)18-19-36(35)49(42(44)54)25-29-14-16-32(17-15-29)46-20-8-6-12-38(46)51/h4-5,10-11,14-19,23,28,34,37,41,50H,6-9,12-13,20-22,24-27H2,1-3H3/t28-,34+,37+,41-,44+/m1/s1. The van der Waals surface area contributed by atoms with Crippen molar-refractivity contribution in [1.82, 2.24) is 4.90 Å². The van der Waals surface area contributed by atoms with Gasteiger partial charge in [0.05, 0.1) is 37.4 Å². The number of ether oxygens (including phenoxy) is 1. The van der Waals surface area contributed by atoms with E-state index in [0.717, 1.165) is 48.1 Å². The summed E-state index contributed by atoms with van der Waals surface area (Å²) in [4.78, 5) is 62.1. The lowest BCUT2D eigenvalue weighted by atomic mass is 9.71. The number of anilines is 3. The number of alkyl halides is 1. The number of carbonyl (C=O) groups excluding carboxylic acids is 4. The zero-order chi connectivity index (χ0) is 38.6. The maximum Gasteiger partial charge on any atom is 0.264 e. The van der Waals surface area contributed by atoms with Crippen LogP contribution in [0.25, 0.3) is 0 Å². The van der Waals surface area contributed by atoms with E-state index >= 15 is 9.18 Å². The van der Waals surface area contributed by atoms with Gasteiger partial charge < -0.3 is 29.4 Å². The molecule has 3 fully saturated rings. The lowest BCUT2D eigenvalue weighted by molar-refractivity contribution is -0.151. The zero-order valence-electron chi connectivity index (χ0n) is 32.0. The Bertz CT molecular complexity index is 2000. The van der Waals surface area contributed by atoms with Crippen molar-refractivity contribution >= 4 is 40.7 Å². The summed E-state index contributed by atoms with van der Waals surface area (Å²) in [5.41, 5.74) is 2.18. The molecule has 0 aliphatic carbocycles. The number of benzene rings is 3. The topological polar surface area (TPSA) is 111 Å². The van der Waals surface area contributed by atoms with Crippen molar-refractivity contribution in [3.05, 3.63) is 89.0 Å². The van der Waals surface area contributed by atoms with Crippen molar-refractivity contribution < 1.29 is 33.4 Å². The smallest absolute Gasteiger partial charge is 0.264 e. The lowest BCUT2D eigenvalue weighted by Crippen LogP contribution is -2.48. The second-order valence-corrected chi connectivity index (χ2v) is 16.6. The van der Waals surface area contributed by atoms with Crippen LogP contribution >= 0.6 is 0 Å². The van der Waals surface area contributed by atoms with Gasteiger partial charge in [0, 0.05) is 61.2 Å². The Hall–Kier alpha value is -4.61. The number of rotatable bonds is 8. The van der Waals surface area contributed by atoms with Crippen molar-refractivity contribution in [2.24, 2.45) is 11.8 Å². The highest BCUT2D eigenvalue weighted by Crippen LogP contribution is 2.59. The highest BCUT2D eigenvalue weighted by atomic mass is 19.1. The van der Waals surface area contributed by atoms with Gasteiger partial charge in [-0.25, -0.2) is 4.39 Å². The fourth-order valence-electron chi connectivity index (χ4n) is 10.0. The minimum absolute atomic E-state index is 0.0156. The van der Waals surface area contributed by atoms with E-state index in [9.17, 15) is 19.5 Å². The molecule has 5 aliphatic rings. The van der Waals surface area contributed by atoms with Gasteiger partial charge in [-0.2, -0.15) is 0 Å². The van der Waals surface area contributed by atoms with Crippen molar-refractivity contribution in [3.63, 3.8) is 0 Å². The van der Waals surface area contributed by atoms with E-state index in [-0.39, 0.29) is 43.2 Å². The second-order valence-electron chi connectivity index (χ2n) is 16.6. The van der Waals surface area contributed by atoms with Gasteiger partial charge in [-0.05, 0) is 93.0 Å². The molecule has 5 heterocycles. The first kappa shape index (κ1) is 37.3. The Morgan fingerprint density at radius 2 is 1.53 bits per heavy atom. The number of aliphatic hydroxyl groups excluding tert-OH is 1. The predicted molar refractivity (Wildman–Crippen MR) is 207 cm³/mol. The molecule has 5 aliphatic heterocycles. The van der Waals surface area contributed by atoms with Gasteiger partial charge in [0.15, 0.2) is 5.60 Å². The van der Waals surface area contributed by atoms with E-state index in [1.54, 1.807) is 14.7 Å². The molecule has 0 unspecified atom stereocenters. The molecule has 3 saturated heterocycles. The third-order valence-corrected chi connectivity index (χ3v) is 12.8. The van der Waals surface area contributed by atoms with Crippen LogP contribution in [0.3, 0.4) is 0 Å². The van der Waals surface area contributed by atoms with Gasteiger partial charge >= 0.3 is 0 Å². The number of carbonyl (C=O) groups is 4. The first-order valence-electron chi connectivity index (χ1n) is 19.9. The second kappa shape index (κ2) is 14.5. The number of fused-ring (bicyclic) bond motifs is 3. The molecule has 11 heteroatoms. The number of amides is 4. The van der Waals surface area contributed by atoms with Crippen molar-refractivity contribution in [2.75, 3.05) is 34.4 Å². The summed E-state index contributed by atoms with van der Waals surface area (Å²) < 4.78 is 23.6. The van der Waals surface area contributed by atoms with Crippen LogP contribution in [0, 0.1) is 11.8 Å². The molecule has 0 saturated carbocycles. The Kier molecular flexibility index (Phi) is 9.82. The summed E-state index contributed by atoms with van der Waals surface area (Å²) in [7, 11) is 0. The van der Waals surface area contributed by atoms with E-state index in [0.29, 0.717) is 55.8 Å². The summed E-state index contributed by atoms with van der Waals surface area (Å²) in [5, 5.41) is 10.3. The van der Waals surface area contributed by atoms with E-state index in [4.69, 9.17) is 4.74 Å². The van der Waals surface area contributed by atoms with Gasteiger partial charge in [0.1, 0.15) is 5.67 Å². The van der Waals surface area contributed by atoms with E-state index in [2.05, 4.69) is 0 Å². The van der Waals surface area contributed by atoms with Crippen LogP contribution in [0.15, 0.2) is 66.7 Å². The number of piperidine rings is 2. The minimum atomic E-state index is -1.82. The molecule has 5 atom stereocenters. The molecule has 290 valence electrons. The van der Waals surface area contributed by atoms with Crippen LogP contribution in [-0.2, 0) is 49.0 Å². The number of aliphatic hydroxyl groups is 1. The van der Waals surface area contributed by atoms with Gasteiger partial charge in [-0.15, -0.1) is 0 Å². The van der Waals surface area contributed by atoms with E-state index in [1.807, 2.05) is 78.6 Å². The lowest BCUT2D eigenvalue weighted by Gasteiger charge is -2.37. The number of nitrogens with zero attached hydrogens (tertiary/aromatic N) is 4. The number of halogens is 1. The fourth-order valence-corrected chi connectivity index (χ4v) is 10.0. The van der Waals surface area contributed by atoms with Gasteiger partial charge in [-0.3, -0.25) is 19.2 Å². The summed E-state index contributed by atoms with van der Waals surface area (Å²) in [6.07, 6.45) is 3.91. The average molecular weight is 751 g/mol. The van der Waals surface area contributed by atoms with Crippen LogP contribution in [0.5, 0.6) is 0 Å². The maximum atomic E-state index is 16.6. The normalized spacial score (nSPS) is 26.9. The van der Waals surface area contributed by atoms with E-state index in [1.165, 1.54) is 13.8 Å². The molecule has 0 bridgehead atoms. The molecule has 55 heavy (non-hydrogen) atoms. The largest absolute Gasteiger partial charge is 0.394 e. The summed E-state index contributed by atoms with van der Waals surface area (Å²) in [6.45, 7) is 6.37. The Morgan fingerprint density at radius 3 is 2.16 bits per heavy atom. The molecular formula is C44H51FN4O6. The monoisotopic (exact) mass is 750 g/mol. The molecule has 0 aromatic heterocycles. The molecule has 3 aromatic rings. The quantitative estimate of drug-likeness (QED) is 0.294. The summed E-state index contributed by atoms with van der Waals surface area (Å²) in [5.74, 6) is -2.00. The SMILES string of the molecule is C[C@@H]1[C@@H](C(C)(C)F)[C@H](CC(=O)N2Cc3ccccc3C[C@H]2CO)O[C@@]12C(=O)N(Cc1ccc(N3CCCCC3=O)cc1)c1ccc(N3CCCCC3=O)cc12. The third-order valence-electron chi connectivity index (χ3n) is 12.8. The molecule has 4 amide bonds. The molecule has 0 radical (unpaired) electrons. The molecular weight excluding hydrogens is 700 g/mol. The van der Waals surface area contributed by atoms with Gasteiger partial charge in [-0.1, -0.05) is 43.3 Å². The number of hydrogen-bond acceptors (Lipinski definition) is 6. The first-order chi connectivity index (χ1) is 26.4. The zero-order valence-corrected chi connectivity index (χ0v) is 32.0. The molecule has 1 N–H and O–H groups in total. The van der Waals surface area contributed by atoms with Crippen molar-refractivity contribution in [2.45, 2.75) is 109 Å². The van der Waals surface area contributed by atoms with Crippen LogP contribution in [0.2, 0.25) is 0 Å². The molecule has 3 aromatic carbocycles. The maximum absolute atomic E-state index is 16.6. The van der Waals surface area contributed by atoms with Crippen LogP contribution in [0.1, 0.15) is 88.0 Å². The van der Waals surface area contributed by atoms with E-state index < -0.39 is 35.3 Å². The summed E-state index contributed by atoms with van der Waals surface area (Å²) in [6, 6.07) is 20.7. The highest BCUT2D eigenvalue weighted by Gasteiger charge is 2.66. The van der Waals surface area contributed by atoms with Crippen LogP contribution < -0.4 is 14.7 Å². The Balaban J connectivity index is 1.15. The van der Waals surface area contributed by atoms with Crippen molar-refractivity contribution in [1.29, 1.82) is 0 Å². The Morgan fingerprint density at radius 1 is 0.891 bits per heavy atom. The predicted octanol–water partition coefficient (Wildman–Crippen LogP) is 6.20. The highest BCUT2D eigenvalue weighted by molar-refractivity contribution is 6.08. The first-order valence-corrected chi connectivity index (χ1v) is 19.9. The molecule has 10 nitrogen and oxygen atoms in total. The van der Waals surface area contributed by atoms with Crippen LogP contribution in [-0.4, -0.2) is 71.1 Å². The van der Waals surface area contributed by atoms with Gasteiger partial charge in [0.25, 0.3) is 5.91 Å². The summed E-state index contributed by atoms with van der Waals surface area (Å²) >= 11 is 0. The molecule has 8 rings (SSSR count). The number of hydrogen-bond donors (Lipinski definition) is 1. The minimum Gasteiger partial charge on any atom is -0.394 e. The van der Waals surface area contributed by atoms with Crippen LogP contribution in [0.4, 0.5) is 21.5 Å².